The maximum absolute atomic E-state index is 12.1. The van der Waals surface area contributed by atoms with Crippen molar-refractivity contribution in [3.05, 3.63) is 60.2 Å². The Morgan fingerprint density at radius 1 is 1.00 bits per heavy atom. The van der Waals surface area contributed by atoms with Gasteiger partial charge in [0.1, 0.15) is 5.75 Å². The van der Waals surface area contributed by atoms with E-state index in [1.807, 2.05) is 42.5 Å². The molecule has 2 nitrogen and oxygen atoms in total. The Kier molecular flexibility index (Phi) is 4.16. The fraction of sp³-hybridized carbons (Fsp3) is 0. The molecule has 0 N–H and O–H groups in total. The van der Waals surface area contributed by atoms with Crippen LogP contribution in [0, 0.1) is 0 Å². The van der Waals surface area contributed by atoms with Gasteiger partial charge in [-0.15, -0.1) is 3.89 Å². The third-order valence-corrected chi connectivity index (χ3v) is 2.39. The van der Waals surface area contributed by atoms with Crippen molar-refractivity contribution in [2.75, 3.05) is 0 Å². The van der Waals surface area contributed by atoms with E-state index in [1.165, 1.54) is 0 Å². The lowest BCUT2D eigenvalue weighted by molar-refractivity contribution is 0.610. The zero-order valence-corrected chi connectivity index (χ0v) is 9.73. The van der Waals surface area contributed by atoms with Gasteiger partial charge in [-0.3, -0.25) is 4.99 Å². The highest BCUT2D eigenvalue weighted by atomic mass is 32.2. The molecule has 0 aliphatic heterocycles. The maximum Gasteiger partial charge on any atom is 0.272 e. The third-order valence-electron chi connectivity index (χ3n) is 2.15. The van der Waals surface area contributed by atoms with Gasteiger partial charge in [-0.2, -0.15) is 0 Å². The molecule has 0 radical (unpaired) electrons. The third kappa shape index (κ3) is 3.32. The summed E-state index contributed by atoms with van der Waals surface area (Å²) in [6.07, 6.45) is 1.65. The molecule has 0 atom stereocenters. The molecule has 17 heavy (non-hydrogen) atoms. The largest absolute Gasteiger partial charge is 0.396 e. The van der Waals surface area contributed by atoms with E-state index in [-0.39, 0.29) is 12.4 Å². The van der Waals surface area contributed by atoms with Gasteiger partial charge in [0.25, 0.3) is 12.4 Å². The van der Waals surface area contributed by atoms with Crippen LogP contribution in [0.4, 0.5) is 9.57 Å². The molecule has 0 aliphatic rings. The minimum absolute atomic E-state index is 0.171. The van der Waals surface area contributed by atoms with E-state index in [0.717, 1.165) is 11.3 Å². The smallest absolute Gasteiger partial charge is 0.272 e. The number of nitrogens with zero attached hydrogens (tertiary/aromatic N) is 1. The number of rotatable bonds is 4. The van der Waals surface area contributed by atoms with Crippen molar-refractivity contribution in [2.24, 2.45) is 4.99 Å². The van der Waals surface area contributed by atoms with E-state index in [2.05, 4.69) is 4.99 Å². The second-order valence-electron chi connectivity index (χ2n) is 3.28. The normalized spacial score (nSPS) is 10.6. The summed E-state index contributed by atoms with van der Waals surface area (Å²) in [5.41, 5.74) is 1.58. The van der Waals surface area contributed by atoms with E-state index >= 15 is 0 Å². The number of para-hydroxylation sites is 2. The first-order valence-corrected chi connectivity index (χ1v) is 5.68. The summed E-state index contributed by atoms with van der Waals surface area (Å²) in [5.74, 6) is 0.458. The minimum Gasteiger partial charge on any atom is -0.396 e. The van der Waals surface area contributed by atoms with Gasteiger partial charge in [-0.25, -0.2) is 0 Å². The zero-order valence-electron chi connectivity index (χ0n) is 8.92. The number of halogens is 1. The second kappa shape index (κ2) is 6.06. The Balaban J connectivity index is 2.21. The minimum atomic E-state index is -0.171. The molecule has 0 aromatic heterocycles. The van der Waals surface area contributed by atoms with Gasteiger partial charge in [0.15, 0.2) is 0 Å². The van der Waals surface area contributed by atoms with Crippen molar-refractivity contribution in [3.8, 4) is 5.75 Å². The van der Waals surface area contributed by atoms with Gasteiger partial charge >= 0.3 is 0 Å². The van der Waals surface area contributed by atoms with Crippen LogP contribution >= 0.6 is 12.4 Å². The van der Waals surface area contributed by atoms with Crippen LogP contribution in [-0.2, 0) is 0 Å². The fourth-order valence-electron chi connectivity index (χ4n) is 1.36. The molecule has 0 spiro atoms. The lowest BCUT2D eigenvalue weighted by atomic mass is 10.2. The SMILES string of the molecule is FSOc1ccccc1C=Nc1ccccc1. The van der Waals surface area contributed by atoms with Gasteiger partial charge in [0.2, 0.25) is 0 Å². The molecule has 0 amide bonds. The van der Waals surface area contributed by atoms with Gasteiger partial charge in [-0.05, 0) is 24.3 Å². The van der Waals surface area contributed by atoms with Crippen molar-refractivity contribution in [1.29, 1.82) is 0 Å². The van der Waals surface area contributed by atoms with Crippen molar-refractivity contribution in [1.82, 2.24) is 0 Å². The molecule has 2 aromatic carbocycles. The van der Waals surface area contributed by atoms with E-state index in [9.17, 15) is 3.89 Å². The molecule has 0 saturated heterocycles. The van der Waals surface area contributed by atoms with Gasteiger partial charge < -0.3 is 4.18 Å². The molecule has 0 fully saturated rings. The molecule has 0 aliphatic carbocycles. The number of hydrogen-bond acceptors (Lipinski definition) is 3. The lowest BCUT2D eigenvalue weighted by Crippen LogP contribution is -1.86. The molecule has 4 heteroatoms. The van der Waals surface area contributed by atoms with E-state index in [1.54, 1.807) is 18.3 Å². The summed E-state index contributed by atoms with van der Waals surface area (Å²) >= 11 is -0.171. The lowest BCUT2D eigenvalue weighted by Gasteiger charge is -2.01. The highest BCUT2D eigenvalue weighted by Gasteiger charge is 2.00. The Labute approximate surface area is 104 Å². The monoisotopic (exact) mass is 247 g/mol. The summed E-state index contributed by atoms with van der Waals surface area (Å²) in [6, 6.07) is 16.7. The van der Waals surface area contributed by atoms with Crippen LogP contribution in [-0.4, -0.2) is 6.21 Å². The molecule has 0 heterocycles. The fourth-order valence-corrected chi connectivity index (χ4v) is 1.57. The first-order valence-electron chi connectivity index (χ1n) is 5.03. The van der Waals surface area contributed by atoms with Gasteiger partial charge in [0, 0.05) is 11.8 Å². The predicted octanol–water partition coefficient (Wildman–Crippen LogP) is 4.35. The summed E-state index contributed by atoms with van der Waals surface area (Å²) in [5, 5.41) is 0. The van der Waals surface area contributed by atoms with Crippen molar-refractivity contribution >= 4 is 24.3 Å². The highest BCUT2D eigenvalue weighted by Crippen LogP contribution is 2.21. The quantitative estimate of drug-likeness (QED) is 0.591. The molecular weight excluding hydrogens is 237 g/mol. The van der Waals surface area contributed by atoms with Crippen LogP contribution in [0.25, 0.3) is 0 Å². The number of aliphatic imine (C=N–C) groups is 1. The molecule has 0 unspecified atom stereocenters. The van der Waals surface area contributed by atoms with Crippen LogP contribution in [0.5, 0.6) is 5.75 Å². The summed E-state index contributed by atoms with van der Waals surface area (Å²) in [4.78, 5) is 4.28. The second-order valence-corrected chi connectivity index (χ2v) is 3.57. The molecule has 86 valence electrons. The van der Waals surface area contributed by atoms with Crippen LogP contribution in [0.2, 0.25) is 0 Å². The molecule has 2 rings (SSSR count). The molecular formula is C13H10FNOS. The Morgan fingerprint density at radius 2 is 1.71 bits per heavy atom. The van der Waals surface area contributed by atoms with Crippen LogP contribution in [0.15, 0.2) is 59.6 Å². The standard InChI is InChI=1S/C13H10FNOS/c14-17-16-13-9-5-4-6-11(13)10-15-12-7-2-1-3-8-12/h1-10H. The number of benzene rings is 2. The summed E-state index contributed by atoms with van der Waals surface area (Å²) < 4.78 is 16.9. The maximum atomic E-state index is 12.1. The van der Waals surface area contributed by atoms with Gasteiger partial charge in [-0.1, -0.05) is 30.3 Å². The van der Waals surface area contributed by atoms with Crippen molar-refractivity contribution in [3.63, 3.8) is 0 Å². The average Bonchev–Trinajstić information content (AvgIpc) is 2.39. The Morgan fingerprint density at radius 3 is 2.47 bits per heavy atom. The topological polar surface area (TPSA) is 21.6 Å². The van der Waals surface area contributed by atoms with Crippen LogP contribution in [0.1, 0.15) is 5.56 Å². The summed E-state index contributed by atoms with van der Waals surface area (Å²) in [6.45, 7) is 0. The van der Waals surface area contributed by atoms with Gasteiger partial charge in [0.05, 0.1) is 5.69 Å². The molecule has 0 saturated carbocycles. The van der Waals surface area contributed by atoms with Crippen LogP contribution in [0.3, 0.4) is 0 Å². The van der Waals surface area contributed by atoms with E-state index in [0.29, 0.717) is 5.75 Å². The number of hydrogen-bond donors (Lipinski definition) is 0. The van der Waals surface area contributed by atoms with E-state index in [4.69, 9.17) is 4.18 Å². The predicted molar refractivity (Wildman–Crippen MR) is 69.5 cm³/mol. The first kappa shape index (κ1) is 11.7. The zero-order chi connectivity index (χ0) is 11.9. The Bertz CT molecular complexity index is 502. The highest BCUT2D eigenvalue weighted by molar-refractivity contribution is 7.89. The molecule has 2 aromatic rings. The van der Waals surface area contributed by atoms with Crippen LogP contribution < -0.4 is 4.18 Å². The summed E-state index contributed by atoms with van der Waals surface area (Å²) in [7, 11) is 0. The van der Waals surface area contributed by atoms with E-state index < -0.39 is 0 Å². The molecule has 0 bridgehead atoms. The van der Waals surface area contributed by atoms with Crippen molar-refractivity contribution in [2.45, 2.75) is 0 Å². The van der Waals surface area contributed by atoms with Crippen molar-refractivity contribution < 1.29 is 8.07 Å². The first-order chi connectivity index (χ1) is 8.40. The Hall–Kier alpha value is -1.81. The average molecular weight is 247 g/mol.